The fourth-order valence-corrected chi connectivity index (χ4v) is 2.15. The van der Waals surface area contributed by atoms with Gasteiger partial charge in [0.15, 0.2) is 0 Å². The average molecular weight is 186 g/mol. The second-order valence-corrected chi connectivity index (χ2v) is 3.87. The molecule has 4 nitrogen and oxygen atoms in total. The second-order valence-electron chi connectivity index (χ2n) is 3.87. The normalized spacial score (nSPS) is 34.5. The zero-order valence-electron chi connectivity index (χ0n) is 7.83. The fourth-order valence-electron chi connectivity index (χ4n) is 2.15. The van der Waals surface area contributed by atoms with E-state index in [4.69, 9.17) is 16.6 Å². The molecule has 1 aliphatic rings. The minimum Gasteiger partial charge on any atom is -0.480 e. The lowest BCUT2D eigenvalue weighted by atomic mass is 9.72. The summed E-state index contributed by atoms with van der Waals surface area (Å²) in [5, 5.41) is 9.03. The SMILES string of the molecule is NCCC1CCCCC1(N)C(=O)O. The predicted octanol–water partition coefficient (Wildman–Crippen LogP) is 0.308. The average Bonchev–Trinajstić information content (AvgIpc) is 2.09. The number of hydrogen-bond acceptors (Lipinski definition) is 3. The number of carboxylic acids is 1. The van der Waals surface area contributed by atoms with Crippen molar-refractivity contribution in [2.24, 2.45) is 17.4 Å². The quantitative estimate of drug-likeness (QED) is 0.591. The molecule has 2 atom stereocenters. The Bertz CT molecular complexity index is 194. The van der Waals surface area contributed by atoms with Gasteiger partial charge in [0.2, 0.25) is 0 Å². The Balaban J connectivity index is 2.71. The van der Waals surface area contributed by atoms with Crippen LogP contribution in [0.4, 0.5) is 0 Å². The second kappa shape index (κ2) is 4.07. The van der Waals surface area contributed by atoms with Crippen LogP contribution in [0.25, 0.3) is 0 Å². The molecule has 5 N–H and O–H groups in total. The van der Waals surface area contributed by atoms with E-state index in [-0.39, 0.29) is 5.92 Å². The molecule has 1 saturated carbocycles. The maximum absolute atomic E-state index is 11.0. The Kier molecular flexibility index (Phi) is 3.27. The van der Waals surface area contributed by atoms with Crippen molar-refractivity contribution in [3.8, 4) is 0 Å². The third-order valence-corrected chi connectivity index (χ3v) is 3.03. The maximum atomic E-state index is 11.0. The molecule has 76 valence electrons. The van der Waals surface area contributed by atoms with Crippen molar-refractivity contribution >= 4 is 5.97 Å². The summed E-state index contributed by atoms with van der Waals surface area (Å²) in [6, 6.07) is 0. The van der Waals surface area contributed by atoms with Crippen molar-refractivity contribution in [3.05, 3.63) is 0 Å². The van der Waals surface area contributed by atoms with E-state index in [1.54, 1.807) is 0 Å². The van der Waals surface area contributed by atoms with Gasteiger partial charge in [0, 0.05) is 0 Å². The van der Waals surface area contributed by atoms with Crippen molar-refractivity contribution in [1.29, 1.82) is 0 Å². The summed E-state index contributed by atoms with van der Waals surface area (Å²) in [5.74, 6) is -0.811. The molecule has 4 heteroatoms. The summed E-state index contributed by atoms with van der Waals surface area (Å²) in [4.78, 5) is 11.0. The first-order valence-electron chi connectivity index (χ1n) is 4.83. The van der Waals surface area contributed by atoms with E-state index in [0.717, 1.165) is 25.7 Å². The maximum Gasteiger partial charge on any atom is 0.323 e. The van der Waals surface area contributed by atoms with E-state index in [9.17, 15) is 4.79 Å². The molecule has 0 aliphatic heterocycles. The first-order chi connectivity index (χ1) is 6.11. The van der Waals surface area contributed by atoms with E-state index >= 15 is 0 Å². The highest BCUT2D eigenvalue weighted by atomic mass is 16.4. The van der Waals surface area contributed by atoms with Gasteiger partial charge in [0.25, 0.3) is 0 Å². The molecule has 1 rings (SSSR count). The molecule has 1 aliphatic carbocycles. The Morgan fingerprint density at radius 2 is 2.23 bits per heavy atom. The van der Waals surface area contributed by atoms with Crippen LogP contribution in [0.5, 0.6) is 0 Å². The number of carbonyl (C=O) groups is 1. The smallest absolute Gasteiger partial charge is 0.323 e. The highest BCUT2D eigenvalue weighted by Gasteiger charge is 2.43. The number of hydrogen-bond donors (Lipinski definition) is 3. The van der Waals surface area contributed by atoms with Crippen LogP contribution >= 0.6 is 0 Å². The van der Waals surface area contributed by atoms with Crippen LogP contribution in [0.3, 0.4) is 0 Å². The third kappa shape index (κ3) is 2.00. The van der Waals surface area contributed by atoms with Crippen molar-refractivity contribution in [3.63, 3.8) is 0 Å². The van der Waals surface area contributed by atoms with E-state index in [0.29, 0.717) is 13.0 Å². The van der Waals surface area contributed by atoms with Gasteiger partial charge >= 0.3 is 5.97 Å². The lowest BCUT2D eigenvalue weighted by Gasteiger charge is -2.37. The molecule has 13 heavy (non-hydrogen) atoms. The first kappa shape index (κ1) is 10.5. The number of nitrogens with two attached hydrogens (primary N) is 2. The van der Waals surface area contributed by atoms with Gasteiger partial charge in [-0.05, 0) is 31.7 Å². The molecule has 1 fully saturated rings. The zero-order valence-corrected chi connectivity index (χ0v) is 7.83. The molecule has 0 spiro atoms. The molecule has 0 aromatic carbocycles. The van der Waals surface area contributed by atoms with Gasteiger partial charge in [-0.1, -0.05) is 12.8 Å². The lowest BCUT2D eigenvalue weighted by molar-refractivity contribution is -0.147. The summed E-state index contributed by atoms with van der Waals surface area (Å²) in [5.41, 5.74) is 10.3. The van der Waals surface area contributed by atoms with Crippen LogP contribution in [0.2, 0.25) is 0 Å². The van der Waals surface area contributed by atoms with Gasteiger partial charge in [0.1, 0.15) is 5.54 Å². The highest BCUT2D eigenvalue weighted by molar-refractivity contribution is 5.79. The minimum absolute atomic E-state index is 0.0590. The molecule has 0 aromatic heterocycles. The summed E-state index contributed by atoms with van der Waals surface area (Å²) < 4.78 is 0. The Hall–Kier alpha value is -0.610. The standard InChI is InChI=1S/C9H18N2O2/c10-6-4-7-3-1-2-5-9(7,11)8(12)13/h7H,1-6,10-11H2,(H,12,13). The van der Waals surface area contributed by atoms with Gasteiger partial charge in [-0.3, -0.25) is 4.79 Å². The molecular weight excluding hydrogens is 168 g/mol. The van der Waals surface area contributed by atoms with Crippen molar-refractivity contribution in [2.75, 3.05) is 6.54 Å². The number of rotatable bonds is 3. The number of aliphatic carboxylic acids is 1. The van der Waals surface area contributed by atoms with Crippen molar-refractivity contribution in [2.45, 2.75) is 37.6 Å². The van der Waals surface area contributed by atoms with Gasteiger partial charge in [-0.2, -0.15) is 0 Å². The molecule has 0 radical (unpaired) electrons. The van der Waals surface area contributed by atoms with Crippen LogP contribution in [-0.4, -0.2) is 23.2 Å². The van der Waals surface area contributed by atoms with Crippen LogP contribution < -0.4 is 11.5 Å². The van der Waals surface area contributed by atoms with Crippen LogP contribution in [0.15, 0.2) is 0 Å². The van der Waals surface area contributed by atoms with Crippen LogP contribution in [-0.2, 0) is 4.79 Å². The van der Waals surface area contributed by atoms with Crippen molar-refractivity contribution < 1.29 is 9.90 Å². The van der Waals surface area contributed by atoms with Crippen molar-refractivity contribution in [1.82, 2.24) is 0 Å². The molecule has 0 amide bonds. The summed E-state index contributed by atoms with van der Waals surface area (Å²) in [7, 11) is 0. The molecule has 0 bridgehead atoms. The topological polar surface area (TPSA) is 89.3 Å². The van der Waals surface area contributed by atoms with E-state index in [1.807, 2.05) is 0 Å². The molecule has 0 saturated heterocycles. The molecule has 0 aromatic rings. The molecule has 0 heterocycles. The first-order valence-corrected chi connectivity index (χ1v) is 4.83. The largest absolute Gasteiger partial charge is 0.480 e. The lowest BCUT2D eigenvalue weighted by Crippen LogP contribution is -2.56. The Labute approximate surface area is 78.3 Å². The summed E-state index contributed by atoms with van der Waals surface area (Å²) >= 11 is 0. The number of carboxylic acid groups (broad SMARTS) is 1. The third-order valence-electron chi connectivity index (χ3n) is 3.03. The van der Waals surface area contributed by atoms with Gasteiger partial charge in [-0.15, -0.1) is 0 Å². The van der Waals surface area contributed by atoms with Gasteiger partial charge < -0.3 is 16.6 Å². The fraction of sp³-hybridized carbons (Fsp3) is 0.889. The highest BCUT2D eigenvalue weighted by Crippen LogP contribution is 2.33. The van der Waals surface area contributed by atoms with E-state index in [1.165, 1.54) is 0 Å². The van der Waals surface area contributed by atoms with Crippen LogP contribution in [0.1, 0.15) is 32.1 Å². The zero-order chi connectivity index (χ0) is 9.90. The van der Waals surface area contributed by atoms with Crippen LogP contribution in [0, 0.1) is 5.92 Å². The van der Waals surface area contributed by atoms with Gasteiger partial charge in [0.05, 0.1) is 0 Å². The predicted molar refractivity (Wildman–Crippen MR) is 50.2 cm³/mol. The van der Waals surface area contributed by atoms with E-state index in [2.05, 4.69) is 0 Å². The molecular formula is C9H18N2O2. The summed E-state index contributed by atoms with van der Waals surface area (Å²) in [6.07, 6.45) is 4.22. The Morgan fingerprint density at radius 1 is 1.54 bits per heavy atom. The summed E-state index contributed by atoms with van der Waals surface area (Å²) in [6.45, 7) is 0.525. The molecule has 2 unspecified atom stereocenters. The van der Waals surface area contributed by atoms with Gasteiger partial charge in [-0.25, -0.2) is 0 Å². The van der Waals surface area contributed by atoms with E-state index < -0.39 is 11.5 Å². The minimum atomic E-state index is -1.02. The monoisotopic (exact) mass is 186 g/mol. The Morgan fingerprint density at radius 3 is 2.77 bits per heavy atom.